The molecule has 4 nitrogen and oxygen atoms in total. The number of nitrogens with zero attached hydrogens (tertiary/aromatic N) is 4. The first kappa shape index (κ1) is 58.0. The number of hydrogen-bond acceptors (Lipinski definition) is 4. The smallest absolute Gasteiger partial charge is 0.252 e. The molecule has 2 aliphatic heterocycles. The molecule has 5 heteroatoms. The molecule has 452 valence electrons. The van der Waals surface area contributed by atoms with E-state index in [9.17, 15) is 0 Å². The molecule has 0 amide bonds. The maximum Gasteiger partial charge on any atom is 0.252 e. The van der Waals surface area contributed by atoms with E-state index in [1.165, 1.54) is 93.1 Å². The van der Waals surface area contributed by atoms with Crippen LogP contribution in [0, 0.1) is 0 Å². The number of anilines is 6. The first-order chi connectivity index (χ1) is 44.6. The maximum atomic E-state index is 5.93. The third kappa shape index (κ3) is 10.2. The average Bonchev–Trinajstić information content (AvgIpc) is 0.691. The highest BCUT2D eigenvalue weighted by Gasteiger charge is 2.45. The Bertz CT molecular complexity index is 5030. The Morgan fingerprint density at radius 3 is 1.05 bits per heavy atom. The molecule has 0 saturated heterocycles. The summed E-state index contributed by atoms with van der Waals surface area (Å²) in [6.45, 7) is 28.1. The van der Waals surface area contributed by atoms with Gasteiger partial charge in [0, 0.05) is 50.6 Å². The number of rotatable bonds is 6. The van der Waals surface area contributed by atoms with Crippen LogP contribution < -0.4 is 26.2 Å². The second-order valence-corrected chi connectivity index (χ2v) is 30.4. The Balaban J connectivity index is 1.07. The zero-order valence-corrected chi connectivity index (χ0v) is 55.5. The molecule has 0 bridgehead atoms. The lowest BCUT2D eigenvalue weighted by Gasteiger charge is -2.45. The second kappa shape index (κ2) is 21.2. The van der Waals surface area contributed by atoms with Crippen LogP contribution in [0.3, 0.4) is 0 Å². The molecular formula is C88H77BN4. The van der Waals surface area contributed by atoms with Gasteiger partial charge in [-0.2, -0.15) is 0 Å². The minimum Gasteiger partial charge on any atom is -0.311 e. The molecule has 2 aliphatic rings. The van der Waals surface area contributed by atoms with Crippen molar-refractivity contribution < 1.29 is 0 Å². The molecule has 1 aromatic heterocycles. The number of aromatic nitrogens is 2. The predicted octanol–water partition coefficient (Wildman–Crippen LogP) is 22.2. The van der Waals surface area contributed by atoms with Crippen LogP contribution in [0.15, 0.2) is 249 Å². The summed E-state index contributed by atoms with van der Waals surface area (Å²) in [5.41, 5.74) is 23.4. The highest BCUT2D eigenvalue weighted by atomic mass is 15.2. The predicted molar refractivity (Wildman–Crippen MR) is 400 cm³/mol. The lowest BCUT2D eigenvalue weighted by atomic mass is 9.33. The summed E-state index contributed by atoms with van der Waals surface area (Å²) in [6.07, 6.45) is 0. The Hall–Kier alpha value is -10.1. The van der Waals surface area contributed by atoms with Gasteiger partial charge in [-0.05, 0) is 223 Å². The van der Waals surface area contributed by atoms with Crippen LogP contribution in [-0.2, 0) is 21.7 Å². The van der Waals surface area contributed by atoms with Crippen molar-refractivity contribution in [3.63, 3.8) is 0 Å². The molecule has 13 aromatic carbocycles. The van der Waals surface area contributed by atoms with E-state index in [1.54, 1.807) is 0 Å². The minimum absolute atomic E-state index is 0.155. The molecule has 14 aromatic rings. The van der Waals surface area contributed by atoms with Crippen LogP contribution in [-0.4, -0.2) is 16.7 Å². The van der Waals surface area contributed by atoms with Crippen LogP contribution in [0.5, 0.6) is 0 Å². The van der Waals surface area contributed by atoms with Gasteiger partial charge in [0.1, 0.15) is 0 Å². The van der Waals surface area contributed by atoms with Crippen molar-refractivity contribution in [1.82, 2.24) is 9.97 Å². The first-order valence-corrected chi connectivity index (χ1v) is 33.1. The molecule has 93 heavy (non-hydrogen) atoms. The summed E-state index contributed by atoms with van der Waals surface area (Å²) >= 11 is 0. The fourth-order valence-corrected chi connectivity index (χ4v) is 14.6. The summed E-state index contributed by atoms with van der Waals surface area (Å²) in [5.74, 6) is 0.662. The quantitative estimate of drug-likeness (QED) is 0.123. The summed E-state index contributed by atoms with van der Waals surface area (Å²) in [5, 5.41) is 10.8. The van der Waals surface area contributed by atoms with E-state index in [0.29, 0.717) is 5.82 Å². The van der Waals surface area contributed by atoms with Crippen molar-refractivity contribution in [1.29, 1.82) is 0 Å². The summed E-state index contributed by atoms with van der Waals surface area (Å²) in [7, 11) is 0. The van der Waals surface area contributed by atoms with Gasteiger partial charge >= 0.3 is 0 Å². The minimum atomic E-state index is -0.181. The van der Waals surface area contributed by atoms with Crippen molar-refractivity contribution in [2.24, 2.45) is 0 Å². The highest BCUT2D eigenvalue weighted by Crippen LogP contribution is 2.50. The lowest BCUT2D eigenvalue weighted by Crippen LogP contribution is -2.61. The zero-order chi connectivity index (χ0) is 64.0. The molecule has 0 N–H and O–H groups in total. The average molecular weight is 1200 g/mol. The second-order valence-electron chi connectivity index (χ2n) is 30.4. The molecule has 3 heterocycles. The van der Waals surface area contributed by atoms with Crippen LogP contribution >= 0.6 is 0 Å². The van der Waals surface area contributed by atoms with Gasteiger partial charge in [0.25, 0.3) is 6.71 Å². The zero-order valence-electron chi connectivity index (χ0n) is 55.5. The third-order valence-corrected chi connectivity index (χ3v) is 19.8. The van der Waals surface area contributed by atoms with Gasteiger partial charge < -0.3 is 9.80 Å². The van der Waals surface area contributed by atoms with E-state index >= 15 is 0 Å². The third-order valence-electron chi connectivity index (χ3n) is 19.8. The van der Waals surface area contributed by atoms with E-state index in [1.807, 2.05) is 0 Å². The number of fused-ring (bicyclic) bond motifs is 9. The van der Waals surface area contributed by atoms with E-state index in [0.717, 1.165) is 72.7 Å². The Kier molecular flexibility index (Phi) is 13.2. The molecule has 0 spiro atoms. The topological polar surface area (TPSA) is 32.3 Å². The number of benzene rings is 13. The van der Waals surface area contributed by atoms with Gasteiger partial charge in [-0.25, -0.2) is 9.97 Å². The van der Waals surface area contributed by atoms with Crippen molar-refractivity contribution in [2.75, 3.05) is 9.80 Å². The van der Waals surface area contributed by atoms with Crippen LogP contribution in [0.1, 0.15) is 105 Å². The Labute approximate surface area is 548 Å². The number of hydrogen-bond donors (Lipinski definition) is 0. The van der Waals surface area contributed by atoms with E-state index in [2.05, 4.69) is 342 Å². The van der Waals surface area contributed by atoms with Crippen LogP contribution in [0.25, 0.3) is 98.9 Å². The molecule has 0 radical (unpaired) electrons. The van der Waals surface area contributed by atoms with Crippen LogP contribution in [0.2, 0.25) is 0 Å². The highest BCUT2D eigenvalue weighted by molar-refractivity contribution is 7.00. The van der Waals surface area contributed by atoms with Crippen molar-refractivity contribution in [3.8, 4) is 44.9 Å². The largest absolute Gasteiger partial charge is 0.311 e. The van der Waals surface area contributed by atoms with Gasteiger partial charge in [-0.15, -0.1) is 0 Å². The Morgan fingerprint density at radius 2 is 0.645 bits per heavy atom. The maximum absolute atomic E-state index is 5.93. The van der Waals surface area contributed by atoms with Gasteiger partial charge in [0.15, 0.2) is 5.82 Å². The molecule has 0 atom stereocenters. The van der Waals surface area contributed by atoms with Gasteiger partial charge in [0.05, 0.1) is 11.2 Å². The Morgan fingerprint density at radius 1 is 0.280 bits per heavy atom. The fraction of sp³-hybridized carbons (Fsp3) is 0.182. The fourth-order valence-electron chi connectivity index (χ4n) is 14.6. The summed E-state index contributed by atoms with van der Waals surface area (Å²) < 4.78 is 0. The van der Waals surface area contributed by atoms with Gasteiger partial charge in [-0.1, -0.05) is 235 Å². The molecular weight excluding hydrogens is 1120 g/mol. The van der Waals surface area contributed by atoms with Crippen molar-refractivity contribution in [3.05, 3.63) is 271 Å². The standard InChI is InChI=1S/C88H77BN4/c1-85(2,3)68-48-69(86(4,5)6)51-72(50-68)92-78-44-64-37-58-31-21-19-29-56(58)35-62(64)42-75(78)89-76-43-63-36-57-30-20-22-32-59(57)38-65(63)45-79(76)93(73-52-70(87(7,8)9)49-71(53-73)88(10,11)12)81-47-67(46-80(92)82(81)89)84-90-77-34-24-23-33-74(77)83(91-84)66-40-60(54-25-15-13-16-26-54)39-61(41-66)55-27-17-14-18-28-55/h13-53H,1-12H3. The van der Waals surface area contributed by atoms with Crippen LogP contribution in [0.4, 0.5) is 34.1 Å². The molecule has 0 saturated carbocycles. The summed E-state index contributed by atoms with van der Waals surface area (Å²) in [6, 6.07) is 94.2. The molecule has 0 fully saturated rings. The summed E-state index contributed by atoms with van der Waals surface area (Å²) in [4.78, 5) is 16.9. The monoisotopic (exact) mass is 1200 g/mol. The van der Waals surface area contributed by atoms with Gasteiger partial charge in [-0.3, -0.25) is 0 Å². The molecule has 0 unspecified atom stereocenters. The van der Waals surface area contributed by atoms with Crippen molar-refractivity contribution in [2.45, 2.75) is 105 Å². The van der Waals surface area contributed by atoms with Crippen molar-refractivity contribution >= 4 is 111 Å². The van der Waals surface area contributed by atoms with E-state index in [4.69, 9.17) is 9.97 Å². The molecule has 16 rings (SSSR count). The van der Waals surface area contributed by atoms with E-state index < -0.39 is 0 Å². The van der Waals surface area contributed by atoms with E-state index in [-0.39, 0.29) is 28.4 Å². The lowest BCUT2D eigenvalue weighted by molar-refractivity contribution is 0.568. The number of para-hydroxylation sites is 1. The SMILES string of the molecule is CC(C)(C)c1cc(N2c3cc4cc5ccccc5cc4cc3B3c4cc5cc6ccccc6cc5cc4N(c4cc(C(C)(C)C)cc(C(C)(C)C)c4)c4cc(-c5nc(-c6cc(-c7ccccc7)cc(-c7ccccc7)c6)c6ccccc6n5)cc2c43)cc(C(C)(C)C)c1. The normalized spacial score (nSPS) is 13.3. The molecule has 0 aliphatic carbocycles. The van der Waals surface area contributed by atoms with Gasteiger partial charge in [0.2, 0.25) is 0 Å². The first-order valence-electron chi connectivity index (χ1n) is 33.1.